The highest BCUT2D eigenvalue weighted by molar-refractivity contribution is 6.01. The van der Waals surface area contributed by atoms with Crippen LogP contribution in [0.4, 0.5) is 0 Å². The van der Waals surface area contributed by atoms with Gasteiger partial charge < -0.3 is 0 Å². The van der Waals surface area contributed by atoms with Gasteiger partial charge in [0.05, 0.1) is 11.4 Å². The van der Waals surface area contributed by atoms with Crippen LogP contribution >= 0.6 is 0 Å². The topological polar surface area (TPSA) is 25.2 Å². The number of aromatic nitrogens is 1. The Morgan fingerprint density at radius 1 is 1.36 bits per heavy atom. The van der Waals surface area contributed by atoms with Crippen molar-refractivity contribution in [1.29, 1.82) is 0 Å². The lowest BCUT2D eigenvalue weighted by molar-refractivity contribution is 1.20. The Morgan fingerprint density at radius 2 is 2.29 bits per heavy atom. The highest BCUT2D eigenvalue weighted by Crippen LogP contribution is 2.14. The molecular formula is C12H12N2. The zero-order valence-electron chi connectivity index (χ0n) is 8.14. The summed E-state index contributed by atoms with van der Waals surface area (Å²) < 4.78 is 0. The lowest BCUT2D eigenvalue weighted by atomic mass is 10.0. The molecule has 0 radical (unpaired) electrons. The van der Waals surface area contributed by atoms with Crippen molar-refractivity contribution >= 4 is 5.71 Å². The average Bonchev–Trinajstić information content (AvgIpc) is 2.30. The summed E-state index contributed by atoms with van der Waals surface area (Å²) in [6.45, 7) is 2.04. The van der Waals surface area contributed by atoms with Gasteiger partial charge in [-0.2, -0.15) is 0 Å². The van der Waals surface area contributed by atoms with Crippen molar-refractivity contribution < 1.29 is 0 Å². The second-order valence-corrected chi connectivity index (χ2v) is 3.15. The molecule has 0 N–H and O–H groups in total. The molecule has 0 saturated heterocycles. The van der Waals surface area contributed by atoms with Crippen molar-refractivity contribution in [1.82, 2.24) is 4.98 Å². The van der Waals surface area contributed by atoms with Gasteiger partial charge in [0.15, 0.2) is 0 Å². The largest absolute Gasteiger partial charge is 0.259 e. The van der Waals surface area contributed by atoms with Crippen LogP contribution in [0.1, 0.15) is 19.0 Å². The molecule has 0 fully saturated rings. The van der Waals surface area contributed by atoms with E-state index < -0.39 is 0 Å². The van der Waals surface area contributed by atoms with E-state index >= 15 is 0 Å². The van der Waals surface area contributed by atoms with E-state index in [1.54, 1.807) is 6.20 Å². The van der Waals surface area contributed by atoms with Crippen LogP contribution in [-0.2, 0) is 0 Å². The summed E-state index contributed by atoms with van der Waals surface area (Å²) in [5.41, 5.74) is 3.30. The molecule has 0 saturated carbocycles. The summed E-state index contributed by atoms with van der Waals surface area (Å²) in [4.78, 5) is 8.61. The van der Waals surface area contributed by atoms with Gasteiger partial charge in [-0.15, -0.1) is 0 Å². The molecule has 1 aromatic heterocycles. The van der Waals surface area contributed by atoms with E-state index in [9.17, 15) is 0 Å². The normalized spacial score (nSPS) is 18.4. The number of hydrogen-bond donors (Lipinski definition) is 0. The molecule has 2 heterocycles. The van der Waals surface area contributed by atoms with E-state index in [0.717, 1.165) is 17.8 Å². The second kappa shape index (κ2) is 4.01. The molecule has 1 aromatic rings. The second-order valence-electron chi connectivity index (χ2n) is 3.15. The van der Waals surface area contributed by atoms with Crippen molar-refractivity contribution in [3.63, 3.8) is 0 Å². The van der Waals surface area contributed by atoms with Gasteiger partial charge in [0.1, 0.15) is 0 Å². The fourth-order valence-electron chi connectivity index (χ4n) is 1.41. The number of hydrogen-bond acceptors (Lipinski definition) is 2. The van der Waals surface area contributed by atoms with Crippen LogP contribution in [0.5, 0.6) is 0 Å². The summed E-state index contributed by atoms with van der Waals surface area (Å²) in [5, 5.41) is 0. The summed E-state index contributed by atoms with van der Waals surface area (Å²) in [6.07, 6.45) is 8.65. The quantitative estimate of drug-likeness (QED) is 0.658. The van der Waals surface area contributed by atoms with Crippen molar-refractivity contribution in [3.05, 3.63) is 54.0 Å². The van der Waals surface area contributed by atoms with Gasteiger partial charge in [0, 0.05) is 18.8 Å². The zero-order chi connectivity index (χ0) is 9.80. The maximum absolute atomic E-state index is 4.33. The van der Waals surface area contributed by atoms with Gasteiger partial charge in [-0.1, -0.05) is 12.1 Å². The predicted molar refractivity (Wildman–Crippen MR) is 58.3 cm³/mol. The van der Waals surface area contributed by atoms with Crippen LogP contribution in [0.2, 0.25) is 0 Å². The van der Waals surface area contributed by atoms with Crippen LogP contribution in [0.3, 0.4) is 0 Å². The summed E-state index contributed by atoms with van der Waals surface area (Å²) in [7, 11) is 0. The van der Waals surface area contributed by atoms with Gasteiger partial charge in [0.2, 0.25) is 0 Å². The fraction of sp³-hybridized carbons (Fsp3) is 0.167. The van der Waals surface area contributed by atoms with Crippen molar-refractivity contribution in [3.8, 4) is 0 Å². The molecule has 0 aromatic carbocycles. The van der Waals surface area contributed by atoms with Gasteiger partial charge in [0.25, 0.3) is 0 Å². The number of allylic oxidation sites excluding steroid dienone is 3. The van der Waals surface area contributed by atoms with Crippen LogP contribution in [0.25, 0.3) is 0 Å². The SMILES string of the molecule is CC=C1C=CN=C(c2ccccn2)C1. The maximum atomic E-state index is 4.33. The Morgan fingerprint density at radius 3 is 3.00 bits per heavy atom. The lowest BCUT2D eigenvalue weighted by Crippen LogP contribution is -2.06. The predicted octanol–water partition coefficient (Wildman–Crippen LogP) is 2.73. The standard InChI is InChI=1S/C12H12N2/c1-2-10-6-8-14-12(9-10)11-5-3-4-7-13-11/h2-8H,9H2,1H3. The smallest absolute Gasteiger partial charge is 0.0847 e. The number of rotatable bonds is 1. The summed E-state index contributed by atoms with van der Waals surface area (Å²) >= 11 is 0. The third-order valence-corrected chi connectivity index (χ3v) is 2.22. The maximum Gasteiger partial charge on any atom is 0.0847 e. The minimum Gasteiger partial charge on any atom is -0.259 e. The molecule has 2 nitrogen and oxygen atoms in total. The first-order valence-electron chi connectivity index (χ1n) is 4.70. The van der Waals surface area contributed by atoms with Crippen LogP contribution in [-0.4, -0.2) is 10.7 Å². The number of pyridine rings is 1. The fourth-order valence-corrected chi connectivity index (χ4v) is 1.41. The highest BCUT2D eigenvalue weighted by Gasteiger charge is 2.08. The Labute approximate surface area is 83.7 Å². The third-order valence-electron chi connectivity index (χ3n) is 2.22. The molecule has 1 aliphatic rings. The molecule has 0 spiro atoms. The average molecular weight is 184 g/mol. The van der Waals surface area contributed by atoms with Crippen LogP contribution in [0.15, 0.2) is 53.3 Å². The number of nitrogens with zero attached hydrogens (tertiary/aromatic N) is 2. The Kier molecular flexibility index (Phi) is 2.54. The molecule has 70 valence electrons. The molecule has 2 rings (SSSR count). The Balaban J connectivity index is 2.29. The first-order valence-corrected chi connectivity index (χ1v) is 4.70. The van der Waals surface area contributed by atoms with Gasteiger partial charge in [-0.05, 0) is 30.7 Å². The molecule has 14 heavy (non-hydrogen) atoms. The highest BCUT2D eigenvalue weighted by atomic mass is 14.8. The van der Waals surface area contributed by atoms with Gasteiger partial charge in [-0.3, -0.25) is 9.98 Å². The van der Waals surface area contributed by atoms with Crippen molar-refractivity contribution in [2.24, 2.45) is 4.99 Å². The first kappa shape index (κ1) is 8.88. The van der Waals surface area contributed by atoms with Crippen LogP contribution < -0.4 is 0 Å². The van der Waals surface area contributed by atoms with E-state index in [4.69, 9.17) is 0 Å². The molecule has 2 heteroatoms. The molecule has 0 unspecified atom stereocenters. The molecule has 0 amide bonds. The third kappa shape index (κ3) is 1.79. The van der Waals surface area contributed by atoms with Gasteiger partial charge in [-0.25, -0.2) is 0 Å². The lowest BCUT2D eigenvalue weighted by Gasteiger charge is -2.09. The minimum absolute atomic E-state index is 0.879. The molecule has 0 aliphatic carbocycles. The first-order chi connectivity index (χ1) is 6.90. The molecule has 0 atom stereocenters. The summed E-state index contributed by atoms with van der Waals surface area (Å²) in [5.74, 6) is 0. The van der Waals surface area contributed by atoms with E-state index in [0.29, 0.717) is 0 Å². The van der Waals surface area contributed by atoms with E-state index in [1.165, 1.54) is 5.57 Å². The van der Waals surface area contributed by atoms with Crippen LogP contribution in [0, 0.1) is 0 Å². The summed E-state index contributed by atoms with van der Waals surface area (Å²) in [6, 6.07) is 5.89. The Bertz CT molecular complexity index is 400. The minimum atomic E-state index is 0.879. The zero-order valence-corrected chi connectivity index (χ0v) is 8.14. The van der Waals surface area contributed by atoms with E-state index in [-0.39, 0.29) is 0 Å². The van der Waals surface area contributed by atoms with E-state index in [2.05, 4.69) is 16.1 Å². The molecule has 1 aliphatic heterocycles. The molecule has 0 bridgehead atoms. The number of aliphatic imine (C=N–C) groups is 1. The Hall–Kier alpha value is -1.70. The monoisotopic (exact) mass is 184 g/mol. The van der Waals surface area contributed by atoms with Crippen molar-refractivity contribution in [2.45, 2.75) is 13.3 Å². The van der Waals surface area contributed by atoms with Crippen molar-refractivity contribution in [2.75, 3.05) is 0 Å². The van der Waals surface area contributed by atoms with Gasteiger partial charge >= 0.3 is 0 Å². The molecular weight excluding hydrogens is 172 g/mol. The van der Waals surface area contributed by atoms with E-state index in [1.807, 2.05) is 37.4 Å².